The number of rotatable bonds is 35. The number of aromatic amines is 3. The highest BCUT2D eigenvalue weighted by atomic mass is 19.4. The number of nitrogens with zero attached hydrogens (tertiary/aromatic N) is 7. The molecule has 0 bridgehead atoms. The van der Waals surface area contributed by atoms with Crippen LogP contribution in [0.25, 0.3) is 33.8 Å². The van der Waals surface area contributed by atoms with Crippen LogP contribution >= 0.6 is 0 Å². The van der Waals surface area contributed by atoms with Crippen molar-refractivity contribution in [1.29, 1.82) is 0 Å². The molecular formula is C75H107F3N10O6. The van der Waals surface area contributed by atoms with Gasteiger partial charge in [-0.15, -0.1) is 0 Å². The Morgan fingerprint density at radius 1 is 0.521 bits per heavy atom. The molecule has 5 aromatic carbocycles. The average Bonchev–Trinajstić information content (AvgIpc) is 1.21. The topological polar surface area (TPSA) is 154 Å². The van der Waals surface area contributed by atoms with E-state index in [2.05, 4.69) is 149 Å². The minimum Gasteiger partial charge on any atom is -0.497 e. The van der Waals surface area contributed by atoms with Crippen molar-refractivity contribution in [2.45, 2.75) is 128 Å². The smallest absolute Gasteiger partial charge is 0.419 e. The summed E-state index contributed by atoms with van der Waals surface area (Å²) >= 11 is 0. The third-order valence-corrected chi connectivity index (χ3v) is 15.0. The number of ether oxygens (including phenoxy) is 6. The van der Waals surface area contributed by atoms with E-state index in [1.807, 2.05) is 80.1 Å². The van der Waals surface area contributed by atoms with Crippen LogP contribution in [0.15, 0.2) is 140 Å². The predicted octanol–water partition coefficient (Wildman–Crippen LogP) is 17.5. The van der Waals surface area contributed by atoms with E-state index in [1.54, 1.807) is 33.2 Å². The molecule has 3 heterocycles. The fraction of sp³-hybridized carbons (Fsp3) is 0.453. The highest BCUT2D eigenvalue weighted by Gasteiger charge is 2.36. The van der Waals surface area contributed by atoms with E-state index in [-0.39, 0.29) is 27.2 Å². The third kappa shape index (κ3) is 25.9. The van der Waals surface area contributed by atoms with Gasteiger partial charge in [0.2, 0.25) is 0 Å². The Bertz CT molecular complexity index is 3370. The molecule has 514 valence electrons. The fourth-order valence-electron chi connectivity index (χ4n) is 9.87. The quantitative estimate of drug-likeness (QED) is 0.0255. The summed E-state index contributed by atoms with van der Waals surface area (Å²) in [4.78, 5) is 9.02. The Kier molecular flexibility index (Phi) is 33.9. The first-order valence-electron chi connectivity index (χ1n) is 32.1. The molecule has 0 aliphatic heterocycles. The lowest BCUT2D eigenvalue weighted by molar-refractivity contribution is -0.138. The number of hydrogen-bond acceptors (Lipinski definition) is 13. The van der Waals surface area contributed by atoms with E-state index in [4.69, 9.17) is 28.4 Å². The summed E-state index contributed by atoms with van der Waals surface area (Å²) in [6, 6.07) is 34.9. The first-order chi connectivity index (χ1) is 44.3. The average molecular weight is 1300 g/mol. The first-order valence-corrected chi connectivity index (χ1v) is 32.1. The highest BCUT2D eigenvalue weighted by Crippen LogP contribution is 2.42. The minimum atomic E-state index is -4.52. The predicted molar refractivity (Wildman–Crippen MR) is 379 cm³/mol. The summed E-state index contributed by atoms with van der Waals surface area (Å²) in [5.41, 5.74) is 10.2. The van der Waals surface area contributed by atoms with Gasteiger partial charge in [-0.3, -0.25) is 15.3 Å². The van der Waals surface area contributed by atoms with Crippen LogP contribution in [0.2, 0.25) is 0 Å². The Morgan fingerprint density at radius 2 is 0.904 bits per heavy atom. The van der Waals surface area contributed by atoms with Crippen LogP contribution in [-0.4, -0.2) is 140 Å². The van der Waals surface area contributed by atoms with Gasteiger partial charge in [0.25, 0.3) is 0 Å². The molecule has 3 N–H and O–H groups in total. The zero-order chi connectivity index (χ0) is 66.4. The number of aryl methyl sites for hydroxylation is 1. The van der Waals surface area contributed by atoms with E-state index in [9.17, 15) is 13.2 Å². The minimum absolute atomic E-state index is 0. The molecule has 16 nitrogen and oxygen atoms in total. The second-order valence-corrected chi connectivity index (χ2v) is 23.9. The molecule has 94 heavy (non-hydrogen) atoms. The van der Waals surface area contributed by atoms with Gasteiger partial charge >= 0.3 is 6.18 Å². The summed E-state index contributed by atoms with van der Waals surface area (Å²) in [5.74, 6) is 4.52. The molecule has 0 fully saturated rings. The monoisotopic (exact) mass is 1300 g/mol. The van der Waals surface area contributed by atoms with Crippen LogP contribution < -0.4 is 33.3 Å². The molecule has 19 heteroatoms. The highest BCUT2D eigenvalue weighted by molar-refractivity contribution is 5.68. The van der Waals surface area contributed by atoms with E-state index in [0.717, 1.165) is 121 Å². The second kappa shape index (κ2) is 40.8. The number of likely N-dealkylation sites (N-methyl/N-ethyl adjacent to an activating group) is 1. The molecule has 0 aliphatic rings. The van der Waals surface area contributed by atoms with Crippen LogP contribution in [0, 0.1) is 12.8 Å². The van der Waals surface area contributed by atoms with Crippen molar-refractivity contribution in [3.05, 3.63) is 168 Å². The number of anilines is 1. The zero-order valence-corrected chi connectivity index (χ0v) is 56.4. The third-order valence-electron chi connectivity index (χ3n) is 15.0. The molecule has 0 unspecified atom stereocenters. The van der Waals surface area contributed by atoms with Crippen LogP contribution in [0.5, 0.6) is 34.5 Å². The van der Waals surface area contributed by atoms with Gasteiger partial charge in [-0.2, -0.15) is 28.5 Å². The fourth-order valence-corrected chi connectivity index (χ4v) is 9.87. The number of alkyl halides is 3. The number of methoxy groups -OCH3 is 1. The molecule has 8 rings (SSSR count). The molecule has 0 saturated heterocycles. The summed E-state index contributed by atoms with van der Waals surface area (Å²) in [6.45, 7) is 26.5. The lowest BCUT2D eigenvalue weighted by Crippen LogP contribution is -2.23. The largest absolute Gasteiger partial charge is 0.497 e. The van der Waals surface area contributed by atoms with Gasteiger partial charge in [0.05, 0.1) is 61.5 Å². The normalized spacial score (nSPS) is 11.1. The maximum atomic E-state index is 13.7. The van der Waals surface area contributed by atoms with Crippen molar-refractivity contribution in [1.82, 2.24) is 45.3 Å². The molecule has 0 atom stereocenters. The first kappa shape index (κ1) is 78.2. The molecule has 8 aromatic rings. The van der Waals surface area contributed by atoms with E-state index in [1.165, 1.54) is 36.8 Å². The van der Waals surface area contributed by atoms with Crippen molar-refractivity contribution in [3.8, 4) is 68.3 Å². The molecule has 0 radical (unpaired) electrons. The molecule has 3 aromatic heterocycles. The van der Waals surface area contributed by atoms with Gasteiger partial charge < -0.3 is 48.0 Å². The standard InChI is InChI=1S/C27H37N3O3.C25H34N4O2.C21H28F3N3O.2CH4/c1-5-6-15-30(4)19-23-18-28-29-27(23)22-7-9-24(10-8-22)31-16-17-32-25-11-13-26(14-12-25)33-20-21(2)3;1-5-6-15-28(2)19-21-18-26-27-25(21)20-7-9-22(10-8-20)29(3)16-17-31-24-13-11-23(30-4)12-14-24;1-6-7-8-27(5)12-17-11-25-26-19(17)16-9-15(4)20(28-13-14(2)3)18(10-16)21(22,23)24;;/h7-14,18,21H,5-6,15-17,19-20H2,1-4H3,(H,28,29);7-14,18H,5-6,15-17,19H2,1-4H3,(H,26,27);9-11H,2,6-8,12-13H2,1,3-5H3,(H,25,26);2*1H4. The Labute approximate surface area is 559 Å². The zero-order valence-electron chi connectivity index (χ0n) is 56.4. The number of benzene rings is 5. The Morgan fingerprint density at radius 3 is 1.30 bits per heavy atom. The van der Waals surface area contributed by atoms with Crippen molar-refractivity contribution in [2.75, 3.05) is 99.4 Å². The number of nitrogens with one attached hydrogen (secondary N) is 3. The summed E-state index contributed by atoms with van der Waals surface area (Å²) in [6.07, 6.45) is 7.99. The molecule has 0 amide bonds. The Balaban J connectivity index is 0.000000298. The summed E-state index contributed by atoms with van der Waals surface area (Å²) in [5, 5.41) is 21.8. The number of halogens is 3. The molecular weight excluding hydrogens is 1190 g/mol. The van der Waals surface area contributed by atoms with Crippen molar-refractivity contribution < 1.29 is 41.6 Å². The molecule has 0 aliphatic carbocycles. The van der Waals surface area contributed by atoms with Crippen LogP contribution in [0.1, 0.15) is 123 Å². The lowest BCUT2D eigenvalue weighted by atomic mass is 10.00. The van der Waals surface area contributed by atoms with Gasteiger partial charge in [0, 0.05) is 65.8 Å². The number of hydrogen-bond donors (Lipinski definition) is 3. The second-order valence-electron chi connectivity index (χ2n) is 23.9. The van der Waals surface area contributed by atoms with Crippen LogP contribution in [0.4, 0.5) is 18.9 Å². The molecule has 0 saturated carbocycles. The van der Waals surface area contributed by atoms with Crippen LogP contribution in [0.3, 0.4) is 0 Å². The maximum Gasteiger partial charge on any atom is 0.419 e. The summed E-state index contributed by atoms with van der Waals surface area (Å²) < 4.78 is 74.8. The SMILES string of the molecule is C.C.C=C(C)COc1c(C)cc(-c2[nH]ncc2CN(C)CCCC)cc1C(F)(F)F.CCCCN(C)Cc1cn[nH]c1-c1ccc(N(C)CCOc2ccc(OC)cc2)cc1.CCCCN(C)Cc1cn[nH]c1-c1ccc(OCCOc2ccc(OCC(C)C)cc2)cc1. The van der Waals surface area contributed by atoms with Gasteiger partial charge in [-0.25, -0.2) is 0 Å². The van der Waals surface area contributed by atoms with Crippen molar-refractivity contribution in [2.24, 2.45) is 5.92 Å². The van der Waals surface area contributed by atoms with E-state index < -0.39 is 11.7 Å². The molecule has 0 spiro atoms. The van der Waals surface area contributed by atoms with E-state index in [0.29, 0.717) is 61.3 Å². The summed E-state index contributed by atoms with van der Waals surface area (Å²) in [7, 11) is 10.1. The van der Waals surface area contributed by atoms with Gasteiger partial charge in [-0.05, 0) is 188 Å². The van der Waals surface area contributed by atoms with Crippen LogP contribution in [-0.2, 0) is 25.8 Å². The van der Waals surface area contributed by atoms with Crippen molar-refractivity contribution in [3.63, 3.8) is 0 Å². The number of H-pyrrole nitrogens is 3. The number of aromatic nitrogens is 6. The van der Waals surface area contributed by atoms with Crippen molar-refractivity contribution >= 4 is 5.69 Å². The van der Waals surface area contributed by atoms with Gasteiger partial charge in [0.15, 0.2) is 0 Å². The maximum absolute atomic E-state index is 13.7. The Hall–Kier alpha value is -8.26. The number of unbranched alkanes of at least 4 members (excludes halogenated alkanes) is 3. The van der Waals surface area contributed by atoms with E-state index >= 15 is 0 Å². The van der Waals surface area contributed by atoms with Gasteiger partial charge in [0.1, 0.15) is 60.9 Å². The van der Waals surface area contributed by atoms with Gasteiger partial charge in [-0.1, -0.05) is 87.4 Å². The lowest BCUT2D eigenvalue weighted by Gasteiger charge is -2.20.